The van der Waals surface area contributed by atoms with Gasteiger partial charge in [0.2, 0.25) is 10.0 Å². The first-order valence-electron chi connectivity index (χ1n) is 6.66. The van der Waals surface area contributed by atoms with Crippen molar-refractivity contribution in [2.75, 3.05) is 24.6 Å². The van der Waals surface area contributed by atoms with Crippen LogP contribution >= 0.6 is 0 Å². The van der Waals surface area contributed by atoms with E-state index in [-0.39, 0.29) is 4.90 Å². The maximum atomic E-state index is 11.7. The fourth-order valence-corrected chi connectivity index (χ4v) is 3.22. The van der Waals surface area contributed by atoms with Crippen LogP contribution < -0.4 is 15.8 Å². The minimum Gasteiger partial charge on any atom is -0.397 e. The van der Waals surface area contributed by atoms with E-state index in [0.29, 0.717) is 17.9 Å². The molecule has 1 aliphatic carbocycles. The summed E-state index contributed by atoms with van der Waals surface area (Å²) in [6.45, 7) is 0.426. The summed E-state index contributed by atoms with van der Waals surface area (Å²) in [5.74, 6) is 0. The van der Waals surface area contributed by atoms with E-state index in [9.17, 15) is 13.5 Å². The zero-order chi connectivity index (χ0) is 14.8. The molecule has 0 radical (unpaired) electrons. The molecule has 1 saturated carbocycles. The Morgan fingerprint density at radius 2 is 2.00 bits per heavy atom. The van der Waals surface area contributed by atoms with Crippen LogP contribution in [-0.4, -0.2) is 32.7 Å². The van der Waals surface area contributed by atoms with E-state index in [2.05, 4.69) is 10.0 Å². The Hall–Kier alpha value is -1.31. The lowest BCUT2D eigenvalue weighted by Gasteiger charge is -2.23. The van der Waals surface area contributed by atoms with Gasteiger partial charge in [0.25, 0.3) is 0 Å². The quantitative estimate of drug-likeness (QED) is 0.605. The predicted molar refractivity (Wildman–Crippen MR) is 79.0 cm³/mol. The van der Waals surface area contributed by atoms with Crippen molar-refractivity contribution in [3.63, 3.8) is 0 Å². The smallest absolute Gasteiger partial charge is 0.240 e. The Balaban J connectivity index is 2.10. The van der Waals surface area contributed by atoms with E-state index >= 15 is 0 Å². The second kappa shape index (κ2) is 5.59. The van der Waals surface area contributed by atoms with Gasteiger partial charge in [0, 0.05) is 6.54 Å². The van der Waals surface area contributed by atoms with Gasteiger partial charge in [0.15, 0.2) is 0 Å². The number of nitrogen functional groups attached to an aromatic ring is 1. The SMILES string of the molecule is CNS(=O)(=O)c1ccc(NCC2(O)CCCC2)c(N)c1. The number of sulfonamides is 1. The molecule has 2 rings (SSSR count). The second-order valence-electron chi connectivity index (χ2n) is 5.24. The number of hydrogen-bond donors (Lipinski definition) is 4. The van der Waals surface area contributed by atoms with Crippen LogP contribution in [0.2, 0.25) is 0 Å². The molecule has 6 nitrogen and oxygen atoms in total. The van der Waals surface area contributed by atoms with Crippen LogP contribution in [0.3, 0.4) is 0 Å². The maximum Gasteiger partial charge on any atom is 0.240 e. The summed E-state index contributed by atoms with van der Waals surface area (Å²) in [5.41, 5.74) is 6.18. The highest BCUT2D eigenvalue weighted by atomic mass is 32.2. The van der Waals surface area contributed by atoms with E-state index in [1.54, 1.807) is 6.07 Å². The van der Waals surface area contributed by atoms with Crippen molar-refractivity contribution in [2.45, 2.75) is 36.2 Å². The normalized spacial score (nSPS) is 18.1. The Morgan fingerprint density at radius 3 is 2.55 bits per heavy atom. The predicted octanol–water partition coefficient (Wildman–Crippen LogP) is 0.894. The third kappa shape index (κ3) is 3.23. The Labute approximate surface area is 119 Å². The monoisotopic (exact) mass is 299 g/mol. The standard InChI is InChI=1S/C13H21N3O3S/c1-15-20(18,19)10-4-5-12(11(14)8-10)16-9-13(17)6-2-3-7-13/h4-5,8,15-17H,2-3,6-7,9,14H2,1H3. The number of aliphatic hydroxyl groups is 1. The van der Waals surface area contributed by atoms with Gasteiger partial charge in [-0.2, -0.15) is 0 Å². The van der Waals surface area contributed by atoms with Crippen molar-refractivity contribution < 1.29 is 13.5 Å². The highest BCUT2D eigenvalue weighted by Crippen LogP contribution is 2.30. The summed E-state index contributed by atoms with van der Waals surface area (Å²) >= 11 is 0. The van der Waals surface area contributed by atoms with Gasteiger partial charge < -0.3 is 16.2 Å². The van der Waals surface area contributed by atoms with Crippen molar-refractivity contribution >= 4 is 21.4 Å². The summed E-state index contributed by atoms with van der Waals surface area (Å²) in [6, 6.07) is 4.52. The molecule has 20 heavy (non-hydrogen) atoms. The highest BCUT2D eigenvalue weighted by Gasteiger charge is 2.30. The molecule has 0 bridgehead atoms. The van der Waals surface area contributed by atoms with Crippen LogP contribution in [0.1, 0.15) is 25.7 Å². The zero-order valence-corrected chi connectivity index (χ0v) is 12.3. The van der Waals surface area contributed by atoms with E-state index < -0.39 is 15.6 Å². The van der Waals surface area contributed by atoms with Gasteiger partial charge >= 0.3 is 0 Å². The maximum absolute atomic E-state index is 11.7. The molecule has 0 aromatic heterocycles. The molecular formula is C13H21N3O3S. The molecule has 0 unspecified atom stereocenters. The molecule has 0 amide bonds. The van der Waals surface area contributed by atoms with E-state index in [1.165, 1.54) is 19.2 Å². The molecule has 0 atom stereocenters. The van der Waals surface area contributed by atoms with Crippen molar-refractivity contribution in [3.05, 3.63) is 18.2 Å². The van der Waals surface area contributed by atoms with Crippen molar-refractivity contribution in [1.29, 1.82) is 0 Å². The first-order chi connectivity index (χ1) is 9.36. The Kier molecular flexibility index (Phi) is 4.22. The molecule has 1 aliphatic rings. The molecule has 1 aromatic rings. The molecule has 5 N–H and O–H groups in total. The van der Waals surface area contributed by atoms with Gasteiger partial charge in [-0.05, 0) is 38.1 Å². The fraction of sp³-hybridized carbons (Fsp3) is 0.538. The van der Waals surface area contributed by atoms with Crippen LogP contribution in [0.15, 0.2) is 23.1 Å². The van der Waals surface area contributed by atoms with Crippen LogP contribution in [0.5, 0.6) is 0 Å². The largest absolute Gasteiger partial charge is 0.397 e. The molecule has 7 heteroatoms. The Bertz CT molecular complexity index is 581. The fourth-order valence-electron chi connectivity index (χ4n) is 2.46. The molecule has 112 valence electrons. The van der Waals surface area contributed by atoms with Gasteiger partial charge in [0.05, 0.1) is 21.9 Å². The molecular weight excluding hydrogens is 278 g/mol. The first kappa shape index (κ1) is 15.1. The van der Waals surface area contributed by atoms with Gasteiger partial charge in [-0.1, -0.05) is 12.8 Å². The minimum atomic E-state index is -3.49. The molecule has 0 heterocycles. The van der Waals surface area contributed by atoms with Gasteiger partial charge in [-0.25, -0.2) is 13.1 Å². The third-order valence-electron chi connectivity index (χ3n) is 3.74. The summed E-state index contributed by atoms with van der Waals surface area (Å²) in [5, 5.41) is 13.4. The zero-order valence-electron chi connectivity index (χ0n) is 11.5. The number of nitrogens with two attached hydrogens (primary N) is 1. The molecule has 0 aliphatic heterocycles. The van der Waals surface area contributed by atoms with E-state index in [4.69, 9.17) is 5.73 Å². The summed E-state index contributed by atoms with van der Waals surface area (Å²) in [4.78, 5) is 0.127. The average Bonchev–Trinajstić information content (AvgIpc) is 2.84. The van der Waals surface area contributed by atoms with E-state index in [0.717, 1.165) is 25.7 Å². The van der Waals surface area contributed by atoms with Crippen LogP contribution in [0.25, 0.3) is 0 Å². The van der Waals surface area contributed by atoms with Crippen LogP contribution in [0.4, 0.5) is 11.4 Å². The lowest BCUT2D eigenvalue weighted by Crippen LogP contribution is -2.33. The van der Waals surface area contributed by atoms with Crippen LogP contribution in [0, 0.1) is 0 Å². The lowest BCUT2D eigenvalue weighted by atomic mass is 10.0. The lowest BCUT2D eigenvalue weighted by molar-refractivity contribution is 0.0615. The van der Waals surface area contributed by atoms with Gasteiger partial charge in [0.1, 0.15) is 0 Å². The summed E-state index contributed by atoms with van der Waals surface area (Å²) < 4.78 is 25.6. The summed E-state index contributed by atoms with van der Waals surface area (Å²) in [6.07, 6.45) is 3.64. The molecule has 0 spiro atoms. The summed E-state index contributed by atoms with van der Waals surface area (Å²) in [7, 11) is -2.13. The third-order valence-corrected chi connectivity index (χ3v) is 5.16. The topological polar surface area (TPSA) is 104 Å². The van der Waals surface area contributed by atoms with Crippen molar-refractivity contribution in [3.8, 4) is 0 Å². The Morgan fingerprint density at radius 1 is 1.35 bits per heavy atom. The van der Waals surface area contributed by atoms with E-state index in [1.807, 2.05) is 0 Å². The molecule has 1 aromatic carbocycles. The number of hydrogen-bond acceptors (Lipinski definition) is 5. The van der Waals surface area contributed by atoms with Crippen molar-refractivity contribution in [1.82, 2.24) is 4.72 Å². The number of benzene rings is 1. The first-order valence-corrected chi connectivity index (χ1v) is 8.14. The van der Waals surface area contributed by atoms with Gasteiger partial charge in [-0.3, -0.25) is 0 Å². The number of rotatable bonds is 5. The molecule has 0 saturated heterocycles. The molecule has 1 fully saturated rings. The van der Waals surface area contributed by atoms with Crippen LogP contribution in [-0.2, 0) is 10.0 Å². The van der Waals surface area contributed by atoms with Gasteiger partial charge in [-0.15, -0.1) is 0 Å². The number of anilines is 2. The highest BCUT2D eigenvalue weighted by molar-refractivity contribution is 7.89. The number of nitrogens with one attached hydrogen (secondary N) is 2. The second-order valence-corrected chi connectivity index (χ2v) is 7.13. The minimum absolute atomic E-state index is 0.127. The average molecular weight is 299 g/mol. The van der Waals surface area contributed by atoms with Crippen molar-refractivity contribution in [2.24, 2.45) is 0 Å².